The number of amides is 1. The van der Waals surface area contributed by atoms with Gasteiger partial charge in [-0.3, -0.25) is 4.79 Å². The molecular weight excluding hydrogens is 259 g/mol. The second-order valence-corrected chi connectivity index (χ2v) is 5.19. The third-order valence-electron chi connectivity index (χ3n) is 2.25. The maximum Gasteiger partial charge on any atom is 0.241 e. The molecule has 0 aliphatic heterocycles. The molecule has 0 radical (unpaired) electrons. The van der Waals surface area contributed by atoms with Crippen LogP contribution in [0.25, 0.3) is 0 Å². The molecular formula is C12H16Cl2N2O. The predicted molar refractivity (Wildman–Crippen MR) is 72.5 cm³/mol. The van der Waals surface area contributed by atoms with Crippen molar-refractivity contribution in [3.05, 3.63) is 28.2 Å². The summed E-state index contributed by atoms with van der Waals surface area (Å²) in [5, 5.41) is 3.62. The van der Waals surface area contributed by atoms with Crippen LogP contribution in [0.15, 0.2) is 18.2 Å². The molecule has 0 aliphatic rings. The molecule has 3 nitrogen and oxygen atoms in total. The fourth-order valence-corrected chi connectivity index (χ4v) is 1.89. The van der Waals surface area contributed by atoms with Crippen molar-refractivity contribution >= 4 is 34.8 Å². The van der Waals surface area contributed by atoms with Crippen molar-refractivity contribution < 1.29 is 4.79 Å². The molecule has 0 aromatic heterocycles. The molecule has 1 atom stereocenters. The lowest BCUT2D eigenvalue weighted by molar-refractivity contribution is -0.117. The van der Waals surface area contributed by atoms with Crippen LogP contribution < -0.4 is 11.1 Å². The van der Waals surface area contributed by atoms with Crippen LogP contribution >= 0.6 is 23.2 Å². The van der Waals surface area contributed by atoms with Crippen molar-refractivity contribution in [3.8, 4) is 0 Å². The topological polar surface area (TPSA) is 55.1 Å². The maximum absolute atomic E-state index is 11.8. The molecule has 1 unspecified atom stereocenters. The first-order valence-corrected chi connectivity index (χ1v) is 6.17. The van der Waals surface area contributed by atoms with Gasteiger partial charge in [-0.2, -0.15) is 0 Å². The highest BCUT2D eigenvalue weighted by atomic mass is 35.5. The normalized spacial score (nSPS) is 12.6. The summed E-state index contributed by atoms with van der Waals surface area (Å²) >= 11 is 11.7. The van der Waals surface area contributed by atoms with Gasteiger partial charge in [0, 0.05) is 5.02 Å². The first kappa shape index (κ1) is 14.3. The van der Waals surface area contributed by atoms with Crippen LogP contribution in [-0.4, -0.2) is 11.9 Å². The van der Waals surface area contributed by atoms with Gasteiger partial charge in [-0.05, 0) is 30.5 Å². The van der Waals surface area contributed by atoms with Gasteiger partial charge in [0.25, 0.3) is 0 Å². The molecule has 0 saturated carbocycles. The van der Waals surface area contributed by atoms with Crippen LogP contribution in [0.1, 0.15) is 20.3 Å². The highest BCUT2D eigenvalue weighted by Gasteiger charge is 2.16. The van der Waals surface area contributed by atoms with Crippen LogP contribution in [0.3, 0.4) is 0 Å². The third kappa shape index (κ3) is 4.54. The van der Waals surface area contributed by atoms with Gasteiger partial charge < -0.3 is 11.1 Å². The van der Waals surface area contributed by atoms with E-state index >= 15 is 0 Å². The van der Waals surface area contributed by atoms with E-state index in [0.29, 0.717) is 28.1 Å². The van der Waals surface area contributed by atoms with E-state index in [2.05, 4.69) is 5.32 Å². The van der Waals surface area contributed by atoms with Crippen LogP contribution in [0.4, 0.5) is 5.69 Å². The average molecular weight is 275 g/mol. The molecule has 5 heteroatoms. The van der Waals surface area contributed by atoms with Gasteiger partial charge in [-0.1, -0.05) is 37.0 Å². The van der Waals surface area contributed by atoms with Gasteiger partial charge in [0.15, 0.2) is 0 Å². The van der Waals surface area contributed by atoms with E-state index in [1.54, 1.807) is 18.2 Å². The lowest BCUT2D eigenvalue weighted by atomic mass is 10.0. The second kappa shape index (κ2) is 6.24. The molecule has 1 aromatic carbocycles. The Labute approximate surface area is 111 Å². The summed E-state index contributed by atoms with van der Waals surface area (Å²) in [6, 6.07) is 4.37. The molecule has 1 rings (SSSR count). The molecule has 1 aromatic rings. The number of carbonyl (C=O) groups is 1. The van der Waals surface area contributed by atoms with Gasteiger partial charge in [0.2, 0.25) is 5.91 Å². The Balaban J connectivity index is 2.67. The fraction of sp³-hybridized carbons (Fsp3) is 0.417. The van der Waals surface area contributed by atoms with Crippen molar-refractivity contribution in [2.24, 2.45) is 11.7 Å². The van der Waals surface area contributed by atoms with E-state index in [1.807, 2.05) is 13.8 Å². The number of hydrogen-bond acceptors (Lipinski definition) is 2. The summed E-state index contributed by atoms with van der Waals surface area (Å²) in [6.07, 6.45) is 0.636. The summed E-state index contributed by atoms with van der Waals surface area (Å²) in [7, 11) is 0. The van der Waals surface area contributed by atoms with Crippen molar-refractivity contribution in [3.63, 3.8) is 0 Å². The molecule has 94 valence electrons. The molecule has 1 amide bonds. The van der Waals surface area contributed by atoms with E-state index in [1.165, 1.54) is 0 Å². The van der Waals surface area contributed by atoms with E-state index in [0.717, 1.165) is 0 Å². The molecule has 0 bridgehead atoms. The SMILES string of the molecule is CC(C)CC(N)C(=O)Nc1ccc(Cl)cc1Cl. The minimum absolute atomic E-state index is 0.233. The Morgan fingerprint density at radius 1 is 1.41 bits per heavy atom. The van der Waals surface area contributed by atoms with Crippen LogP contribution in [0, 0.1) is 5.92 Å². The summed E-state index contributed by atoms with van der Waals surface area (Å²) in [6.45, 7) is 4.03. The Morgan fingerprint density at radius 3 is 2.59 bits per heavy atom. The predicted octanol–water partition coefficient (Wildman–Crippen LogP) is 3.31. The standard InChI is InChI=1S/C12H16Cl2N2O/c1-7(2)5-10(15)12(17)16-11-4-3-8(13)6-9(11)14/h3-4,6-7,10H,5,15H2,1-2H3,(H,16,17). The molecule has 0 saturated heterocycles. The van der Waals surface area contributed by atoms with Gasteiger partial charge in [0.1, 0.15) is 0 Å². The number of hydrogen-bond donors (Lipinski definition) is 2. The van der Waals surface area contributed by atoms with Crippen LogP contribution in [0.2, 0.25) is 10.0 Å². The van der Waals surface area contributed by atoms with Crippen molar-refractivity contribution in [1.29, 1.82) is 0 Å². The molecule has 0 aliphatic carbocycles. The first-order valence-electron chi connectivity index (χ1n) is 5.41. The number of anilines is 1. The average Bonchev–Trinajstić information content (AvgIpc) is 2.21. The summed E-state index contributed by atoms with van der Waals surface area (Å²) in [5.74, 6) is 0.138. The lowest BCUT2D eigenvalue weighted by Gasteiger charge is -2.14. The van der Waals surface area contributed by atoms with Crippen molar-refractivity contribution in [2.75, 3.05) is 5.32 Å². The Kier molecular flexibility index (Phi) is 5.25. The minimum atomic E-state index is -0.526. The Hall–Kier alpha value is -0.770. The zero-order valence-electron chi connectivity index (χ0n) is 9.84. The number of nitrogens with one attached hydrogen (secondary N) is 1. The summed E-state index contributed by atoms with van der Waals surface area (Å²) in [4.78, 5) is 11.8. The second-order valence-electron chi connectivity index (χ2n) is 4.35. The van der Waals surface area contributed by atoms with Gasteiger partial charge in [-0.15, -0.1) is 0 Å². The first-order chi connectivity index (χ1) is 7.90. The van der Waals surface area contributed by atoms with E-state index in [4.69, 9.17) is 28.9 Å². The summed E-state index contributed by atoms with van der Waals surface area (Å²) < 4.78 is 0. The highest BCUT2D eigenvalue weighted by Crippen LogP contribution is 2.25. The minimum Gasteiger partial charge on any atom is -0.323 e. The number of nitrogens with two attached hydrogens (primary N) is 1. The zero-order valence-corrected chi connectivity index (χ0v) is 11.3. The molecule has 0 fully saturated rings. The van der Waals surface area contributed by atoms with Crippen LogP contribution in [-0.2, 0) is 4.79 Å². The number of benzene rings is 1. The Bertz CT molecular complexity index is 407. The van der Waals surface area contributed by atoms with E-state index in [-0.39, 0.29) is 5.91 Å². The van der Waals surface area contributed by atoms with Gasteiger partial charge in [-0.25, -0.2) is 0 Å². The van der Waals surface area contributed by atoms with E-state index in [9.17, 15) is 4.79 Å². The fourth-order valence-electron chi connectivity index (χ4n) is 1.43. The largest absolute Gasteiger partial charge is 0.323 e. The van der Waals surface area contributed by atoms with Crippen molar-refractivity contribution in [2.45, 2.75) is 26.3 Å². The summed E-state index contributed by atoms with van der Waals surface area (Å²) in [5.41, 5.74) is 6.29. The highest BCUT2D eigenvalue weighted by molar-refractivity contribution is 6.36. The molecule has 0 spiro atoms. The zero-order chi connectivity index (χ0) is 13.0. The smallest absolute Gasteiger partial charge is 0.241 e. The lowest BCUT2D eigenvalue weighted by Crippen LogP contribution is -2.36. The van der Waals surface area contributed by atoms with E-state index < -0.39 is 6.04 Å². The third-order valence-corrected chi connectivity index (χ3v) is 2.80. The van der Waals surface area contributed by atoms with Crippen LogP contribution in [0.5, 0.6) is 0 Å². The maximum atomic E-state index is 11.8. The number of rotatable bonds is 4. The quantitative estimate of drug-likeness (QED) is 0.885. The Morgan fingerprint density at radius 2 is 2.06 bits per heavy atom. The monoisotopic (exact) mass is 274 g/mol. The molecule has 17 heavy (non-hydrogen) atoms. The number of carbonyl (C=O) groups excluding carboxylic acids is 1. The molecule has 0 heterocycles. The van der Waals surface area contributed by atoms with Crippen molar-refractivity contribution in [1.82, 2.24) is 0 Å². The number of halogens is 2. The molecule has 3 N–H and O–H groups in total. The van der Waals surface area contributed by atoms with Gasteiger partial charge in [0.05, 0.1) is 16.8 Å². The van der Waals surface area contributed by atoms with Gasteiger partial charge >= 0.3 is 0 Å².